The molecule has 0 bridgehead atoms. The molecule has 0 aromatic rings. The maximum absolute atomic E-state index is 11.3. The van der Waals surface area contributed by atoms with E-state index in [4.69, 9.17) is 5.73 Å². The summed E-state index contributed by atoms with van der Waals surface area (Å²) in [5.41, 5.74) is 4.85. The zero-order valence-electron chi connectivity index (χ0n) is 8.67. The molecular weight excluding hydrogens is 184 g/mol. The molecule has 14 heavy (non-hydrogen) atoms. The summed E-state index contributed by atoms with van der Waals surface area (Å²) >= 11 is 0. The standard InChI is InChI=1S/C8H18N4O2/c1-3-12(4-2)8(14)11-6-5-10-7(9)13/h3-6H2,1-2H3,(H,11,14)(H3,9,10,13). The molecule has 0 aromatic carbocycles. The second-order valence-corrected chi connectivity index (χ2v) is 2.70. The van der Waals surface area contributed by atoms with Crippen molar-refractivity contribution in [2.24, 2.45) is 5.73 Å². The van der Waals surface area contributed by atoms with E-state index in [0.717, 1.165) is 0 Å². The third kappa shape index (κ3) is 5.23. The van der Waals surface area contributed by atoms with Crippen LogP contribution in [-0.2, 0) is 0 Å². The van der Waals surface area contributed by atoms with Gasteiger partial charge in [-0.2, -0.15) is 0 Å². The zero-order valence-corrected chi connectivity index (χ0v) is 8.67. The Kier molecular flexibility index (Phi) is 6.26. The van der Waals surface area contributed by atoms with Gasteiger partial charge in [-0.3, -0.25) is 0 Å². The van der Waals surface area contributed by atoms with Crippen molar-refractivity contribution in [1.29, 1.82) is 0 Å². The van der Waals surface area contributed by atoms with Crippen LogP contribution in [-0.4, -0.2) is 43.1 Å². The molecule has 0 aliphatic carbocycles. The normalized spacial score (nSPS) is 9.29. The first-order chi connectivity index (χ1) is 6.61. The largest absolute Gasteiger partial charge is 0.352 e. The van der Waals surface area contributed by atoms with Gasteiger partial charge in [-0.1, -0.05) is 0 Å². The molecule has 0 saturated carbocycles. The van der Waals surface area contributed by atoms with Gasteiger partial charge in [0.1, 0.15) is 0 Å². The van der Waals surface area contributed by atoms with Crippen molar-refractivity contribution in [2.75, 3.05) is 26.2 Å². The minimum atomic E-state index is -0.581. The first-order valence-corrected chi connectivity index (χ1v) is 4.67. The number of carbonyl (C=O) groups excluding carboxylic acids is 2. The first-order valence-electron chi connectivity index (χ1n) is 4.67. The van der Waals surface area contributed by atoms with Gasteiger partial charge < -0.3 is 21.3 Å². The number of nitrogens with one attached hydrogen (secondary N) is 2. The Bertz CT molecular complexity index is 192. The van der Waals surface area contributed by atoms with Crippen molar-refractivity contribution in [2.45, 2.75) is 13.8 Å². The molecule has 82 valence electrons. The number of rotatable bonds is 5. The highest BCUT2D eigenvalue weighted by molar-refractivity contribution is 5.74. The Balaban J connectivity index is 3.57. The summed E-state index contributed by atoms with van der Waals surface area (Å²) in [6.45, 7) is 5.90. The Labute approximate surface area is 83.8 Å². The molecule has 0 fully saturated rings. The Morgan fingerprint density at radius 3 is 2.07 bits per heavy atom. The lowest BCUT2D eigenvalue weighted by Gasteiger charge is -2.19. The topological polar surface area (TPSA) is 87.5 Å². The first kappa shape index (κ1) is 12.5. The molecule has 4 N–H and O–H groups in total. The van der Waals surface area contributed by atoms with E-state index in [-0.39, 0.29) is 6.03 Å². The highest BCUT2D eigenvalue weighted by atomic mass is 16.2. The predicted molar refractivity (Wildman–Crippen MR) is 53.9 cm³/mol. The van der Waals surface area contributed by atoms with Crippen molar-refractivity contribution in [1.82, 2.24) is 15.5 Å². The molecule has 0 aliphatic heterocycles. The van der Waals surface area contributed by atoms with Crippen LogP contribution in [0.4, 0.5) is 9.59 Å². The van der Waals surface area contributed by atoms with E-state index in [9.17, 15) is 9.59 Å². The van der Waals surface area contributed by atoms with Crippen LogP contribution in [0.2, 0.25) is 0 Å². The number of hydrogen-bond acceptors (Lipinski definition) is 2. The second-order valence-electron chi connectivity index (χ2n) is 2.70. The van der Waals surface area contributed by atoms with Gasteiger partial charge in [-0.15, -0.1) is 0 Å². The van der Waals surface area contributed by atoms with Crippen LogP contribution in [0.3, 0.4) is 0 Å². The Hall–Kier alpha value is -1.46. The summed E-state index contributed by atoms with van der Waals surface area (Å²) in [4.78, 5) is 23.3. The fourth-order valence-corrected chi connectivity index (χ4v) is 0.978. The summed E-state index contributed by atoms with van der Waals surface area (Å²) in [7, 11) is 0. The molecule has 0 unspecified atom stereocenters. The number of urea groups is 2. The van der Waals surface area contributed by atoms with Gasteiger partial charge in [0.25, 0.3) is 0 Å². The number of primary amides is 1. The lowest BCUT2D eigenvalue weighted by Crippen LogP contribution is -2.43. The molecule has 0 spiro atoms. The van der Waals surface area contributed by atoms with Crippen LogP contribution in [0, 0.1) is 0 Å². The molecule has 0 saturated heterocycles. The van der Waals surface area contributed by atoms with E-state index < -0.39 is 6.03 Å². The van der Waals surface area contributed by atoms with Gasteiger partial charge in [0.2, 0.25) is 0 Å². The monoisotopic (exact) mass is 202 g/mol. The molecule has 0 aromatic heterocycles. The molecular formula is C8H18N4O2. The molecule has 6 nitrogen and oxygen atoms in total. The van der Waals surface area contributed by atoms with E-state index in [0.29, 0.717) is 26.2 Å². The molecule has 0 atom stereocenters. The van der Waals surface area contributed by atoms with E-state index in [1.54, 1.807) is 4.90 Å². The molecule has 0 rings (SSSR count). The van der Waals surface area contributed by atoms with Gasteiger partial charge in [-0.25, -0.2) is 9.59 Å². The number of amides is 4. The fourth-order valence-electron chi connectivity index (χ4n) is 0.978. The lowest BCUT2D eigenvalue weighted by atomic mass is 10.5. The Morgan fingerprint density at radius 2 is 1.64 bits per heavy atom. The fraction of sp³-hybridized carbons (Fsp3) is 0.750. The van der Waals surface area contributed by atoms with Crippen LogP contribution in [0.25, 0.3) is 0 Å². The zero-order chi connectivity index (χ0) is 11.0. The van der Waals surface area contributed by atoms with Crippen molar-refractivity contribution < 1.29 is 9.59 Å². The highest BCUT2D eigenvalue weighted by Crippen LogP contribution is 1.86. The third-order valence-corrected chi connectivity index (χ3v) is 1.75. The quantitative estimate of drug-likeness (QED) is 0.535. The van der Waals surface area contributed by atoms with Gasteiger partial charge in [0, 0.05) is 26.2 Å². The molecule has 4 amide bonds. The van der Waals surface area contributed by atoms with Crippen LogP contribution in [0.15, 0.2) is 0 Å². The average Bonchev–Trinajstić information content (AvgIpc) is 2.14. The van der Waals surface area contributed by atoms with Crippen LogP contribution in [0.1, 0.15) is 13.8 Å². The second kappa shape index (κ2) is 6.99. The minimum Gasteiger partial charge on any atom is -0.352 e. The van der Waals surface area contributed by atoms with E-state index >= 15 is 0 Å². The summed E-state index contributed by atoms with van der Waals surface area (Å²) < 4.78 is 0. The molecule has 0 heterocycles. The van der Waals surface area contributed by atoms with Crippen LogP contribution >= 0.6 is 0 Å². The number of nitrogens with zero attached hydrogens (tertiary/aromatic N) is 1. The van der Waals surface area contributed by atoms with Gasteiger partial charge in [0.15, 0.2) is 0 Å². The molecule has 0 radical (unpaired) electrons. The number of hydrogen-bond donors (Lipinski definition) is 3. The van der Waals surface area contributed by atoms with Crippen molar-refractivity contribution in [3.63, 3.8) is 0 Å². The lowest BCUT2D eigenvalue weighted by molar-refractivity contribution is 0.203. The Morgan fingerprint density at radius 1 is 1.14 bits per heavy atom. The molecule has 0 aliphatic rings. The van der Waals surface area contributed by atoms with Gasteiger partial charge in [0.05, 0.1) is 0 Å². The number of carbonyl (C=O) groups is 2. The third-order valence-electron chi connectivity index (χ3n) is 1.75. The van der Waals surface area contributed by atoms with Crippen molar-refractivity contribution in [3.8, 4) is 0 Å². The number of nitrogens with two attached hydrogens (primary N) is 1. The average molecular weight is 202 g/mol. The summed E-state index contributed by atoms with van der Waals surface area (Å²) in [5, 5.41) is 5.04. The van der Waals surface area contributed by atoms with Gasteiger partial charge in [-0.05, 0) is 13.8 Å². The summed E-state index contributed by atoms with van der Waals surface area (Å²) in [6, 6.07) is -0.705. The van der Waals surface area contributed by atoms with Crippen LogP contribution in [0.5, 0.6) is 0 Å². The van der Waals surface area contributed by atoms with E-state index in [2.05, 4.69) is 10.6 Å². The van der Waals surface area contributed by atoms with Crippen LogP contribution < -0.4 is 16.4 Å². The summed E-state index contributed by atoms with van der Waals surface area (Å²) in [6.07, 6.45) is 0. The van der Waals surface area contributed by atoms with E-state index in [1.165, 1.54) is 0 Å². The maximum Gasteiger partial charge on any atom is 0.317 e. The predicted octanol–water partition coefficient (Wildman–Crippen LogP) is -0.294. The highest BCUT2D eigenvalue weighted by Gasteiger charge is 2.07. The van der Waals surface area contributed by atoms with E-state index in [1.807, 2.05) is 13.8 Å². The summed E-state index contributed by atoms with van der Waals surface area (Å²) in [5.74, 6) is 0. The van der Waals surface area contributed by atoms with Crippen molar-refractivity contribution >= 4 is 12.1 Å². The SMILES string of the molecule is CCN(CC)C(=O)NCCNC(N)=O. The van der Waals surface area contributed by atoms with Crippen molar-refractivity contribution in [3.05, 3.63) is 0 Å². The van der Waals surface area contributed by atoms with Gasteiger partial charge >= 0.3 is 12.1 Å². The minimum absolute atomic E-state index is 0.124. The maximum atomic E-state index is 11.3. The smallest absolute Gasteiger partial charge is 0.317 e. The molecule has 6 heteroatoms.